The molecule has 0 aromatic carbocycles. The molecule has 70 heavy (non-hydrogen) atoms. The highest BCUT2D eigenvalue weighted by Gasteiger charge is 2.30. The number of unbranched alkanes of at least 4 members (excludes halogenated alkanes) is 31. The average molecular weight is 1010 g/mol. The van der Waals surface area contributed by atoms with E-state index < -0.39 is 20.0 Å². The summed E-state index contributed by atoms with van der Waals surface area (Å²) in [6.07, 6.45) is 60.9. The Morgan fingerprint density at radius 3 is 1.33 bits per heavy atom. The van der Waals surface area contributed by atoms with Crippen molar-refractivity contribution in [2.45, 2.75) is 283 Å². The molecule has 0 aliphatic heterocycles. The van der Waals surface area contributed by atoms with Crippen molar-refractivity contribution in [1.82, 2.24) is 5.32 Å². The van der Waals surface area contributed by atoms with Gasteiger partial charge in [0.15, 0.2) is 0 Å². The number of hydrogen-bond acceptors (Lipinski definition) is 6. The molecule has 0 heterocycles. The number of allylic oxidation sites excluding steroid dienone is 7. The Balaban J connectivity index is 5.31. The van der Waals surface area contributed by atoms with Crippen molar-refractivity contribution in [3.63, 3.8) is 0 Å². The maximum Gasteiger partial charge on any atom is 0.472 e. The summed E-state index contributed by atoms with van der Waals surface area (Å²) in [7, 11) is 1.49. The van der Waals surface area contributed by atoms with Gasteiger partial charge in [0.05, 0.1) is 33.8 Å². The molecule has 3 atom stereocenters. The van der Waals surface area contributed by atoms with Crippen molar-refractivity contribution in [3.05, 3.63) is 48.6 Å². The summed E-state index contributed by atoms with van der Waals surface area (Å²) in [5.74, 6) is -0.513. The number of nitrogens with zero attached hydrogens (tertiary/aromatic N) is 1. The van der Waals surface area contributed by atoms with Gasteiger partial charge in [0.1, 0.15) is 19.3 Å². The number of likely N-dealkylation sites (N-methyl/N-ethyl adjacent to an activating group) is 1. The van der Waals surface area contributed by atoms with Crippen molar-refractivity contribution < 1.29 is 37.3 Å². The molecule has 0 radical (unpaired) electrons. The van der Waals surface area contributed by atoms with E-state index in [9.17, 15) is 19.0 Å². The highest BCUT2D eigenvalue weighted by molar-refractivity contribution is 7.47. The van der Waals surface area contributed by atoms with Crippen molar-refractivity contribution in [3.8, 4) is 0 Å². The van der Waals surface area contributed by atoms with Gasteiger partial charge in [0, 0.05) is 12.8 Å². The minimum Gasteiger partial charge on any atom is -0.456 e. The zero-order chi connectivity index (χ0) is 51.5. The van der Waals surface area contributed by atoms with Crippen molar-refractivity contribution in [2.24, 2.45) is 0 Å². The molecule has 0 saturated heterocycles. The lowest BCUT2D eigenvalue weighted by Crippen LogP contribution is -2.47. The van der Waals surface area contributed by atoms with E-state index in [2.05, 4.69) is 62.5 Å². The molecule has 0 bridgehead atoms. The molecule has 0 saturated carbocycles. The van der Waals surface area contributed by atoms with Crippen molar-refractivity contribution in [1.29, 1.82) is 0 Å². The first kappa shape index (κ1) is 68.0. The van der Waals surface area contributed by atoms with Gasteiger partial charge in [-0.25, -0.2) is 4.57 Å². The first-order chi connectivity index (χ1) is 33.9. The van der Waals surface area contributed by atoms with Gasteiger partial charge < -0.3 is 19.4 Å². The molecule has 1 amide bonds. The maximum absolute atomic E-state index is 13.5. The Morgan fingerprint density at radius 2 is 0.871 bits per heavy atom. The van der Waals surface area contributed by atoms with Crippen molar-refractivity contribution in [2.75, 3.05) is 40.9 Å². The Labute approximate surface area is 433 Å². The minimum absolute atomic E-state index is 0.0382. The molecular weight excluding hydrogens is 892 g/mol. The lowest BCUT2D eigenvalue weighted by Gasteiger charge is -2.27. The topological polar surface area (TPSA) is 111 Å². The summed E-state index contributed by atoms with van der Waals surface area (Å²) in [5.41, 5.74) is 0. The van der Waals surface area contributed by atoms with E-state index in [1.807, 2.05) is 33.3 Å². The Hall–Kier alpha value is -2.03. The average Bonchev–Trinajstić information content (AvgIpc) is 3.32. The van der Waals surface area contributed by atoms with Crippen LogP contribution in [0.1, 0.15) is 271 Å². The van der Waals surface area contributed by atoms with E-state index in [0.717, 1.165) is 83.5 Å². The lowest BCUT2D eigenvalue weighted by molar-refractivity contribution is -0.870. The second-order valence-electron chi connectivity index (χ2n) is 21.2. The standard InChI is InChI=1S/C60H113N2O7P/c1-7-10-13-16-19-22-25-28-29-30-31-32-33-35-37-40-43-46-49-52-59(63)61-57(56-68-70(65,66)67-55-54-62(4,5)6)58(51-48-45-42-39-36-27-24-21-18-15-12-9-3)69-60(64)53-50-47-44-41-38-34-26-23-20-17-14-11-8-2/h19,22,28-29,31-32,48,51,57-58H,7-18,20-21,23-27,30,33-47,49-50,52-56H2,1-6H3,(H-,61,63,65,66)/p+1/b22-19-,29-28-,32-31-,51-48-. The number of carbonyl (C=O) groups excluding carboxylic acids is 2. The number of carbonyl (C=O) groups is 2. The second kappa shape index (κ2) is 50.5. The molecule has 0 fully saturated rings. The summed E-state index contributed by atoms with van der Waals surface area (Å²) in [4.78, 5) is 37.6. The van der Waals surface area contributed by atoms with Crippen LogP contribution in [0.15, 0.2) is 48.6 Å². The van der Waals surface area contributed by atoms with E-state index in [0.29, 0.717) is 23.9 Å². The smallest absolute Gasteiger partial charge is 0.456 e. The van der Waals surface area contributed by atoms with Gasteiger partial charge in [0.25, 0.3) is 0 Å². The number of amides is 1. The minimum atomic E-state index is -4.45. The summed E-state index contributed by atoms with van der Waals surface area (Å²) < 4.78 is 30.6. The number of ether oxygens (including phenoxy) is 1. The van der Waals surface area contributed by atoms with Crippen LogP contribution >= 0.6 is 7.82 Å². The SMILES string of the molecule is CCCCC/C=C\C/C=C\C/C=C\CCCCCCCCC(=O)NC(COP(=O)(O)OCC[N+](C)(C)C)C(/C=C\CCCCCCCCCCCC)OC(=O)CCCCCCCCCCCCCCC. The van der Waals surface area contributed by atoms with Gasteiger partial charge in [0.2, 0.25) is 5.91 Å². The molecule has 0 aliphatic carbocycles. The fourth-order valence-electron chi connectivity index (χ4n) is 8.42. The van der Waals surface area contributed by atoms with E-state index >= 15 is 0 Å². The lowest BCUT2D eigenvalue weighted by atomic mass is 10.0. The maximum atomic E-state index is 13.5. The van der Waals surface area contributed by atoms with Crippen LogP contribution in [0.5, 0.6) is 0 Å². The van der Waals surface area contributed by atoms with E-state index in [1.165, 1.54) is 154 Å². The van der Waals surface area contributed by atoms with Crippen LogP contribution in [0.4, 0.5) is 0 Å². The normalized spacial score (nSPS) is 14.1. The highest BCUT2D eigenvalue weighted by atomic mass is 31.2. The number of hydrogen-bond donors (Lipinski definition) is 2. The zero-order valence-corrected chi connectivity index (χ0v) is 47.7. The van der Waals surface area contributed by atoms with Crippen LogP contribution < -0.4 is 5.32 Å². The molecule has 0 aromatic heterocycles. The van der Waals surface area contributed by atoms with Crippen LogP contribution in [0, 0.1) is 0 Å². The third-order valence-corrected chi connectivity index (χ3v) is 14.0. The third-order valence-electron chi connectivity index (χ3n) is 13.0. The van der Waals surface area contributed by atoms with Crippen LogP contribution in [-0.2, 0) is 27.9 Å². The Bertz CT molecular complexity index is 1340. The monoisotopic (exact) mass is 1010 g/mol. The Morgan fingerprint density at radius 1 is 0.500 bits per heavy atom. The highest BCUT2D eigenvalue weighted by Crippen LogP contribution is 2.43. The van der Waals surface area contributed by atoms with Gasteiger partial charge in [-0.05, 0) is 70.3 Å². The zero-order valence-electron chi connectivity index (χ0n) is 46.8. The quantitative estimate of drug-likeness (QED) is 0.0205. The van der Waals surface area contributed by atoms with Crippen LogP contribution in [0.25, 0.3) is 0 Å². The van der Waals surface area contributed by atoms with Gasteiger partial charge in [-0.15, -0.1) is 0 Å². The summed E-state index contributed by atoms with van der Waals surface area (Å²) in [6.45, 7) is 6.98. The molecule has 0 spiro atoms. The fraction of sp³-hybridized carbons (Fsp3) is 0.833. The second-order valence-corrected chi connectivity index (χ2v) is 22.6. The molecule has 3 unspecified atom stereocenters. The summed E-state index contributed by atoms with van der Waals surface area (Å²) >= 11 is 0. The summed E-state index contributed by atoms with van der Waals surface area (Å²) in [6, 6.07) is -0.852. The number of phosphoric acid groups is 1. The van der Waals surface area contributed by atoms with Crippen molar-refractivity contribution >= 4 is 19.7 Å². The third kappa shape index (κ3) is 50.9. The van der Waals surface area contributed by atoms with E-state index in [4.69, 9.17) is 13.8 Å². The number of phosphoric ester groups is 1. The van der Waals surface area contributed by atoms with Gasteiger partial charge >= 0.3 is 13.8 Å². The van der Waals surface area contributed by atoms with Crippen LogP contribution in [0.2, 0.25) is 0 Å². The molecule has 0 aromatic rings. The molecule has 2 N–H and O–H groups in total. The van der Waals surface area contributed by atoms with E-state index in [1.54, 1.807) is 0 Å². The molecule has 9 nitrogen and oxygen atoms in total. The molecule has 10 heteroatoms. The summed E-state index contributed by atoms with van der Waals surface area (Å²) in [5, 5.41) is 3.05. The molecule has 0 aliphatic rings. The number of rotatable bonds is 53. The first-order valence-corrected chi connectivity index (χ1v) is 31.0. The first-order valence-electron chi connectivity index (χ1n) is 29.5. The largest absolute Gasteiger partial charge is 0.472 e. The number of quaternary nitrogens is 1. The fourth-order valence-corrected chi connectivity index (χ4v) is 9.15. The van der Waals surface area contributed by atoms with E-state index in [-0.39, 0.29) is 25.1 Å². The predicted octanol–water partition coefficient (Wildman–Crippen LogP) is 17.7. The number of nitrogens with one attached hydrogen (secondary N) is 1. The molecule has 0 rings (SSSR count). The number of esters is 1. The molecule has 410 valence electrons. The van der Waals surface area contributed by atoms with Crippen LogP contribution in [0.3, 0.4) is 0 Å². The Kier molecular flexibility index (Phi) is 49.0. The van der Waals surface area contributed by atoms with Gasteiger partial charge in [-0.2, -0.15) is 0 Å². The van der Waals surface area contributed by atoms with Gasteiger partial charge in [-0.3, -0.25) is 18.6 Å². The molecular formula is C60H114N2O7P+. The van der Waals surface area contributed by atoms with Gasteiger partial charge in [-0.1, -0.05) is 237 Å². The van der Waals surface area contributed by atoms with Crippen LogP contribution in [-0.4, -0.2) is 74.3 Å². The predicted molar refractivity (Wildman–Crippen MR) is 300 cm³/mol.